The zero-order chi connectivity index (χ0) is 13.8. The van der Waals surface area contributed by atoms with Crippen LogP contribution in [0.2, 0.25) is 0 Å². The van der Waals surface area contributed by atoms with Crippen LogP contribution in [0.15, 0.2) is 23.2 Å². The number of sulfonamides is 1. The van der Waals surface area contributed by atoms with Gasteiger partial charge in [-0.3, -0.25) is 0 Å². The van der Waals surface area contributed by atoms with E-state index >= 15 is 0 Å². The summed E-state index contributed by atoms with van der Waals surface area (Å²) in [5.74, 6) is 1.54. The van der Waals surface area contributed by atoms with Gasteiger partial charge >= 0.3 is 0 Å². The Morgan fingerprint density at radius 1 is 1.44 bits per heavy atom. The number of halogens is 1. The molecule has 7 heteroatoms. The number of nitrogens with one attached hydrogen (secondary N) is 1. The van der Waals surface area contributed by atoms with Crippen molar-refractivity contribution in [1.29, 1.82) is 0 Å². The van der Waals surface area contributed by atoms with Gasteiger partial charge in [0.05, 0.1) is 0 Å². The van der Waals surface area contributed by atoms with E-state index in [2.05, 4.69) is 10.3 Å². The molecule has 0 bridgehead atoms. The number of alkyl halides is 1. The highest BCUT2D eigenvalue weighted by molar-refractivity contribution is 7.89. The Balaban J connectivity index is 2.75. The van der Waals surface area contributed by atoms with Gasteiger partial charge in [-0.1, -0.05) is 6.92 Å². The molecule has 5 nitrogen and oxygen atoms in total. The Morgan fingerprint density at radius 3 is 2.56 bits per heavy atom. The number of hydrogen-bond donors (Lipinski definition) is 1. The van der Waals surface area contributed by atoms with Crippen LogP contribution in [0.4, 0.5) is 5.82 Å². The molecule has 1 heterocycles. The highest BCUT2D eigenvalue weighted by atomic mass is 35.5. The molecule has 0 aliphatic carbocycles. The van der Waals surface area contributed by atoms with Crippen molar-refractivity contribution in [3.05, 3.63) is 18.3 Å². The molecule has 1 N–H and O–H groups in total. The summed E-state index contributed by atoms with van der Waals surface area (Å²) < 4.78 is 24.8. The van der Waals surface area contributed by atoms with Crippen LogP contribution in [0.3, 0.4) is 0 Å². The molecule has 1 aromatic heterocycles. The summed E-state index contributed by atoms with van der Waals surface area (Å²) in [4.78, 5) is 4.26. The molecule has 102 valence electrons. The molecule has 0 fully saturated rings. The Kier molecular flexibility index (Phi) is 5.37. The second-order valence-corrected chi connectivity index (χ2v) is 6.77. The predicted molar refractivity (Wildman–Crippen MR) is 73.5 cm³/mol. The van der Waals surface area contributed by atoms with Crippen LogP contribution >= 0.6 is 11.6 Å². The number of rotatable bonds is 6. The maximum absolute atomic E-state index is 11.8. The number of hydrogen-bond acceptors (Lipinski definition) is 4. The number of anilines is 1. The molecule has 18 heavy (non-hydrogen) atoms. The fraction of sp³-hybridized carbons (Fsp3) is 0.545. The van der Waals surface area contributed by atoms with Crippen LogP contribution in [-0.2, 0) is 10.0 Å². The van der Waals surface area contributed by atoms with E-state index in [9.17, 15) is 8.42 Å². The van der Waals surface area contributed by atoms with Crippen LogP contribution in [0, 0.1) is 5.92 Å². The van der Waals surface area contributed by atoms with Gasteiger partial charge < -0.3 is 5.32 Å². The number of pyridine rings is 1. The smallest absolute Gasteiger partial charge is 0.244 e. The number of nitrogens with zero attached hydrogens (tertiary/aromatic N) is 2. The first-order valence-electron chi connectivity index (χ1n) is 5.56. The number of aromatic nitrogens is 1. The second-order valence-electron chi connectivity index (χ2n) is 4.31. The zero-order valence-corrected chi connectivity index (χ0v) is 12.3. The van der Waals surface area contributed by atoms with Gasteiger partial charge in [-0.15, -0.1) is 11.6 Å². The average Bonchev–Trinajstić information content (AvgIpc) is 2.36. The van der Waals surface area contributed by atoms with Crippen molar-refractivity contribution in [3.8, 4) is 0 Å². The Hall–Kier alpha value is -0.850. The fourth-order valence-corrected chi connectivity index (χ4v) is 2.14. The summed E-state index contributed by atoms with van der Waals surface area (Å²) in [7, 11) is -0.428. The van der Waals surface area contributed by atoms with E-state index in [1.54, 1.807) is 6.07 Å². The van der Waals surface area contributed by atoms with Gasteiger partial charge in [-0.2, -0.15) is 0 Å². The lowest BCUT2D eigenvalue weighted by molar-refractivity contribution is 0.520. The molecule has 0 aliphatic heterocycles. The first-order valence-corrected chi connectivity index (χ1v) is 7.53. The molecule has 0 spiro atoms. The van der Waals surface area contributed by atoms with E-state index in [1.807, 2.05) is 6.92 Å². The van der Waals surface area contributed by atoms with E-state index in [1.165, 1.54) is 26.4 Å². The normalized spacial score (nSPS) is 13.6. The SMILES string of the molecule is CC(CCl)CNc1ccc(S(=O)(=O)N(C)C)cn1. The van der Waals surface area contributed by atoms with Gasteiger partial charge in [0.15, 0.2) is 0 Å². The Labute approximate surface area is 113 Å². The minimum Gasteiger partial charge on any atom is -0.370 e. The van der Waals surface area contributed by atoms with Gasteiger partial charge in [0.1, 0.15) is 10.7 Å². The fourth-order valence-electron chi connectivity index (χ4n) is 1.18. The van der Waals surface area contributed by atoms with E-state index in [4.69, 9.17) is 11.6 Å². The minimum atomic E-state index is -3.41. The molecule has 1 atom stereocenters. The molecule has 0 amide bonds. The van der Waals surface area contributed by atoms with Crippen molar-refractivity contribution < 1.29 is 8.42 Å². The van der Waals surface area contributed by atoms with Gasteiger partial charge in [0, 0.05) is 32.7 Å². The maximum Gasteiger partial charge on any atom is 0.244 e. The van der Waals surface area contributed by atoms with Crippen molar-refractivity contribution in [2.24, 2.45) is 5.92 Å². The third-order valence-corrected chi connectivity index (χ3v) is 4.74. The van der Waals surface area contributed by atoms with E-state index in [0.717, 1.165) is 4.31 Å². The van der Waals surface area contributed by atoms with Gasteiger partial charge in [0.25, 0.3) is 0 Å². The van der Waals surface area contributed by atoms with Crippen LogP contribution in [-0.4, -0.2) is 44.2 Å². The lowest BCUT2D eigenvalue weighted by Gasteiger charge is -2.12. The van der Waals surface area contributed by atoms with Crippen molar-refractivity contribution >= 4 is 27.4 Å². The summed E-state index contributed by atoms with van der Waals surface area (Å²) in [5, 5.41) is 3.10. The first-order chi connectivity index (χ1) is 8.37. The predicted octanol–water partition coefficient (Wildman–Crippen LogP) is 1.62. The highest BCUT2D eigenvalue weighted by Gasteiger charge is 2.17. The van der Waals surface area contributed by atoms with Crippen molar-refractivity contribution in [2.75, 3.05) is 31.8 Å². The van der Waals surface area contributed by atoms with Gasteiger partial charge in [-0.05, 0) is 18.1 Å². The summed E-state index contributed by atoms with van der Waals surface area (Å²) in [6, 6.07) is 3.19. The molecule has 0 saturated carbocycles. The highest BCUT2D eigenvalue weighted by Crippen LogP contribution is 2.14. The lowest BCUT2D eigenvalue weighted by atomic mass is 10.2. The molecule has 1 unspecified atom stereocenters. The maximum atomic E-state index is 11.8. The average molecular weight is 292 g/mol. The van der Waals surface area contributed by atoms with E-state index < -0.39 is 10.0 Å². The molecule has 1 aromatic rings. The van der Waals surface area contributed by atoms with Crippen LogP contribution in [0.25, 0.3) is 0 Å². The third kappa shape index (κ3) is 3.83. The standard InChI is InChI=1S/C11H18ClN3O2S/c1-9(6-12)7-13-11-5-4-10(8-14-11)18(16,17)15(2)3/h4-5,8-9H,6-7H2,1-3H3,(H,13,14). The van der Waals surface area contributed by atoms with Crippen LogP contribution in [0.1, 0.15) is 6.92 Å². The van der Waals surface area contributed by atoms with E-state index in [-0.39, 0.29) is 4.90 Å². The van der Waals surface area contributed by atoms with Crippen molar-refractivity contribution in [3.63, 3.8) is 0 Å². The molecule has 0 aliphatic rings. The molecule has 1 rings (SSSR count). The van der Waals surface area contributed by atoms with Gasteiger partial charge in [0.2, 0.25) is 10.0 Å². The first kappa shape index (κ1) is 15.2. The van der Waals surface area contributed by atoms with E-state index in [0.29, 0.717) is 24.2 Å². The summed E-state index contributed by atoms with van der Waals surface area (Å²) in [6.45, 7) is 2.72. The molecular formula is C11H18ClN3O2S. The molecule has 0 aromatic carbocycles. The largest absolute Gasteiger partial charge is 0.370 e. The zero-order valence-electron chi connectivity index (χ0n) is 10.7. The molecule has 0 radical (unpaired) electrons. The molecule has 0 saturated heterocycles. The van der Waals surface area contributed by atoms with Crippen molar-refractivity contribution in [2.45, 2.75) is 11.8 Å². The second kappa shape index (κ2) is 6.36. The Morgan fingerprint density at radius 2 is 2.11 bits per heavy atom. The van der Waals surface area contributed by atoms with Crippen LogP contribution in [0.5, 0.6) is 0 Å². The van der Waals surface area contributed by atoms with Gasteiger partial charge in [-0.25, -0.2) is 17.7 Å². The topological polar surface area (TPSA) is 62.3 Å². The molecular weight excluding hydrogens is 274 g/mol. The quantitative estimate of drug-likeness (QED) is 0.809. The van der Waals surface area contributed by atoms with Crippen molar-refractivity contribution in [1.82, 2.24) is 9.29 Å². The summed E-state index contributed by atoms with van der Waals surface area (Å²) in [6.07, 6.45) is 1.35. The summed E-state index contributed by atoms with van der Waals surface area (Å²) in [5.41, 5.74) is 0. The lowest BCUT2D eigenvalue weighted by Crippen LogP contribution is -2.22. The van der Waals surface area contributed by atoms with Crippen LogP contribution < -0.4 is 5.32 Å². The third-order valence-electron chi connectivity index (χ3n) is 2.41. The monoisotopic (exact) mass is 291 g/mol. The summed E-state index contributed by atoms with van der Waals surface area (Å²) >= 11 is 5.69. The Bertz CT molecular complexity index is 474. The minimum absolute atomic E-state index is 0.184.